The summed E-state index contributed by atoms with van der Waals surface area (Å²) < 4.78 is 5.00. The first-order valence-corrected chi connectivity index (χ1v) is 7.42. The Hall–Kier alpha value is -1.10. The van der Waals surface area contributed by atoms with Crippen molar-refractivity contribution < 1.29 is 9.84 Å². The van der Waals surface area contributed by atoms with Crippen LogP contribution in [0.2, 0.25) is 0 Å². The molecule has 20 heavy (non-hydrogen) atoms. The van der Waals surface area contributed by atoms with Crippen LogP contribution < -0.4 is 10.2 Å². The Morgan fingerprint density at radius 3 is 2.75 bits per heavy atom. The van der Waals surface area contributed by atoms with E-state index in [9.17, 15) is 5.11 Å². The molecule has 1 aliphatic rings. The van der Waals surface area contributed by atoms with E-state index >= 15 is 0 Å². The molecule has 0 aromatic heterocycles. The predicted molar refractivity (Wildman–Crippen MR) is 82.0 cm³/mol. The van der Waals surface area contributed by atoms with Gasteiger partial charge in [-0.1, -0.05) is 19.1 Å². The third-order valence-corrected chi connectivity index (χ3v) is 4.03. The summed E-state index contributed by atoms with van der Waals surface area (Å²) in [4.78, 5) is 2.27. The Bertz CT molecular complexity index is 394. The van der Waals surface area contributed by atoms with Gasteiger partial charge in [-0.05, 0) is 30.0 Å². The molecule has 4 nitrogen and oxygen atoms in total. The molecule has 0 amide bonds. The maximum Gasteiger partial charge on any atom is 0.0741 e. The maximum atomic E-state index is 9.97. The minimum Gasteiger partial charge on any atom is -0.391 e. The molecular weight excluding hydrogens is 252 g/mol. The normalized spacial score (nSPS) is 23.1. The van der Waals surface area contributed by atoms with E-state index in [1.54, 1.807) is 7.11 Å². The largest absolute Gasteiger partial charge is 0.391 e. The highest BCUT2D eigenvalue weighted by atomic mass is 16.5. The number of piperidine rings is 1. The van der Waals surface area contributed by atoms with Gasteiger partial charge < -0.3 is 20.1 Å². The number of nitrogens with zero attached hydrogens (tertiary/aromatic N) is 1. The molecule has 0 spiro atoms. The molecule has 0 bridgehead atoms. The molecule has 2 N–H and O–H groups in total. The molecule has 0 radical (unpaired) electrons. The summed E-state index contributed by atoms with van der Waals surface area (Å²) in [6, 6.07) is 8.60. The molecule has 0 saturated carbocycles. The van der Waals surface area contributed by atoms with Gasteiger partial charge in [-0.15, -0.1) is 0 Å². The second-order valence-corrected chi connectivity index (χ2v) is 5.62. The number of β-amino-alcohol motifs (C(OH)–C–C–N with tert-alkyl or cyclic N) is 1. The zero-order valence-corrected chi connectivity index (χ0v) is 12.5. The Morgan fingerprint density at radius 2 is 2.10 bits per heavy atom. The minimum atomic E-state index is -0.209. The van der Waals surface area contributed by atoms with Gasteiger partial charge in [0.1, 0.15) is 0 Å². The summed E-state index contributed by atoms with van der Waals surface area (Å²) in [5, 5.41) is 13.3. The lowest BCUT2D eigenvalue weighted by atomic mass is 9.95. The van der Waals surface area contributed by atoms with Crippen LogP contribution in [0.15, 0.2) is 24.3 Å². The molecular formula is C16H26N2O2. The number of benzene rings is 1. The molecule has 2 rings (SSSR count). The highest BCUT2D eigenvalue weighted by Gasteiger charge is 2.24. The zero-order chi connectivity index (χ0) is 14.4. The standard InChI is InChI=1S/C16H26N2O2/c1-13-7-9-18(12-16(13)19)15-5-3-14(4-6-15)11-17-8-10-20-2/h3-6,13,16-17,19H,7-12H2,1-2H3. The van der Waals surface area contributed by atoms with Gasteiger partial charge in [-0.25, -0.2) is 0 Å². The zero-order valence-electron chi connectivity index (χ0n) is 12.5. The number of rotatable bonds is 6. The summed E-state index contributed by atoms with van der Waals surface area (Å²) >= 11 is 0. The fourth-order valence-corrected chi connectivity index (χ4v) is 2.51. The first-order chi connectivity index (χ1) is 9.70. The van der Waals surface area contributed by atoms with Crippen LogP contribution in [0.5, 0.6) is 0 Å². The first kappa shape index (κ1) is 15.3. The van der Waals surface area contributed by atoms with Crippen molar-refractivity contribution in [2.45, 2.75) is 26.0 Å². The summed E-state index contributed by atoms with van der Waals surface area (Å²) in [7, 11) is 1.71. The number of nitrogens with one attached hydrogen (secondary N) is 1. The number of hydrogen-bond acceptors (Lipinski definition) is 4. The van der Waals surface area contributed by atoms with Crippen molar-refractivity contribution in [1.29, 1.82) is 0 Å². The Balaban J connectivity index is 1.85. The summed E-state index contributed by atoms with van der Waals surface area (Å²) in [5.74, 6) is 0.413. The molecule has 4 heteroatoms. The van der Waals surface area contributed by atoms with Crippen molar-refractivity contribution in [3.05, 3.63) is 29.8 Å². The van der Waals surface area contributed by atoms with E-state index in [2.05, 4.69) is 41.4 Å². The molecule has 1 saturated heterocycles. The highest BCUT2D eigenvalue weighted by Crippen LogP contribution is 2.23. The SMILES string of the molecule is COCCNCc1ccc(N2CCC(C)C(O)C2)cc1. The molecule has 1 heterocycles. The monoisotopic (exact) mass is 278 g/mol. The van der Waals surface area contributed by atoms with Crippen LogP contribution in [0.4, 0.5) is 5.69 Å². The lowest BCUT2D eigenvalue weighted by Crippen LogP contribution is -2.42. The van der Waals surface area contributed by atoms with Crippen LogP contribution in [0, 0.1) is 5.92 Å². The fourth-order valence-electron chi connectivity index (χ4n) is 2.51. The quantitative estimate of drug-likeness (QED) is 0.776. The molecule has 1 aliphatic heterocycles. The second kappa shape index (κ2) is 7.62. The predicted octanol–water partition coefficient (Wildman–Crippen LogP) is 1.63. The van der Waals surface area contributed by atoms with Crippen molar-refractivity contribution in [2.24, 2.45) is 5.92 Å². The number of anilines is 1. The van der Waals surface area contributed by atoms with E-state index in [4.69, 9.17) is 4.74 Å². The van der Waals surface area contributed by atoms with E-state index in [1.165, 1.54) is 11.3 Å². The lowest BCUT2D eigenvalue weighted by molar-refractivity contribution is 0.103. The molecule has 0 aliphatic carbocycles. The summed E-state index contributed by atoms with van der Waals surface area (Å²) in [6.45, 7) is 6.37. The summed E-state index contributed by atoms with van der Waals surface area (Å²) in [5.41, 5.74) is 2.48. The van der Waals surface area contributed by atoms with E-state index in [0.29, 0.717) is 5.92 Å². The van der Waals surface area contributed by atoms with Gasteiger partial charge in [-0.3, -0.25) is 0 Å². The van der Waals surface area contributed by atoms with Gasteiger partial charge >= 0.3 is 0 Å². The Morgan fingerprint density at radius 1 is 1.35 bits per heavy atom. The number of aliphatic hydroxyl groups excluding tert-OH is 1. The highest BCUT2D eigenvalue weighted by molar-refractivity contribution is 5.48. The van der Waals surface area contributed by atoms with Crippen LogP contribution in [0.3, 0.4) is 0 Å². The summed E-state index contributed by atoms with van der Waals surface area (Å²) in [6.07, 6.45) is 0.848. The third kappa shape index (κ3) is 4.20. The third-order valence-electron chi connectivity index (χ3n) is 4.03. The van der Waals surface area contributed by atoms with Crippen LogP contribution in [0.1, 0.15) is 18.9 Å². The van der Waals surface area contributed by atoms with E-state index in [-0.39, 0.29) is 6.10 Å². The Labute approximate surface area is 121 Å². The van der Waals surface area contributed by atoms with Crippen molar-refractivity contribution in [1.82, 2.24) is 5.32 Å². The van der Waals surface area contributed by atoms with Gasteiger partial charge in [0.05, 0.1) is 12.7 Å². The average molecular weight is 278 g/mol. The second-order valence-electron chi connectivity index (χ2n) is 5.62. The van der Waals surface area contributed by atoms with Crippen LogP contribution in [-0.2, 0) is 11.3 Å². The minimum absolute atomic E-state index is 0.209. The molecule has 2 atom stereocenters. The number of hydrogen-bond donors (Lipinski definition) is 2. The van der Waals surface area contributed by atoms with Crippen molar-refractivity contribution in [2.75, 3.05) is 38.3 Å². The van der Waals surface area contributed by atoms with E-state index in [0.717, 1.165) is 39.2 Å². The van der Waals surface area contributed by atoms with Gasteiger partial charge in [0.15, 0.2) is 0 Å². The van der Waals surface area contributed by atoms with Gasteiger partial charge in [0.25, 0.3) is 0 Å². The van der Waals surface area contributed by atoms with Gasteiger partial charge in [0.2, 0.25) is 0 Å². The molecule has 1 aromatic rings. The van der Waals surface area contributed by atoms with Crippen LogP contribution in [0.25, 0.3) is 0 Å². The number of methoxy groups -OCH3 is 1. The van der Waals surface area contributed by atoms with Crippen molar-refractivity contribution >= 4 is 5.69 Å². The van der Waals surface area contributed by atoms with Crippen LogP contribution in [-0.4, -0.2) is 44.6 Å². The smallest absolute Gasteiger partial charge is 0.0741 e. The Kier molecular flexibility index (Phi) is 5.83. The maximum absolute atomic E-state index is 9.97. The van der Waals surface area contributed by atoms with Crippen molar-refractivity contribution in [3.8, 4) is 0 Å². The molecule has 2 unspecified atom stereocenters. The topological polar surface area (TPSA) is 44.7 Å². The van der Waals surface area contributed by atoms with E-state index < -0.39 is 0 Å². The number of ether oxygens (including phenoxy) is 1. The van der Waals surface area contributed by atoms with E-state index in [1.807, 2.05) is 0 Å². The number of aliphatic hydroxyl groups is 1. The van der Waals surface area contributed by atoms with Gasteiger partial charge in [0, 0.05) is 39.0 Å². The van der Waals surface area contributed by atoms with Crippen molar-refractivity contribution in [3.63, 3.8) is 0 Å². The lowest BCUT2D eigenvalue weighted by Gasteiger charge is -2.35. The van der Waals surface area contributed by atoms with Gasteiger partial charge in [-0.2, -0.15) is 0 Å². The molecule has 1 fully saturated rings. The van der Waals surface area contributed by atoms with Crippen LogP contribution >= 0.6 is 0 Å². The average Bonchev–Trinajstić information content (AvgIpc) is 2.47. The first-order valence-electron chi connectivity index (χ1n) is 7.42. The molecule has 1 aromatic carbocycles. The molecule has 112 valence electrons. The fraction of sp³-hybridized carbons (Fsp3) is 0.625.